The number of aliphatic hydroxyl groups excluding tert-OH is 1. The minimum absolute atomic E-state index is 0.00118. The van der Waals surface area contributed by atoms with Gasteiger partial charge in [-0.15, -0.1) is 0 Å². The quantitative estimate of drug-likeness (QED) is 0.524. The van der Waals surface area contributed by atoms with Gasteiger partial charge in [-0.2, -0.15) is 0 Å². The molecule has 16 heavy (non-hydrogen) atoms. The molecule has 6 nitrogen and oxygen atoms in total. The fourth-order valence-electron chi connectivity index (χ4n) is 0.870. The number of urea groups is 1. The molecule has 0 radical (unpaired) electrons. The standard InChI is InChI=1S/C10H20N2O4/c1-6(2)7(3)12-10(16)11-5-4-8(13)9(14)15/h6-8,13H,4-5H2,1-3H3,(H,14,15)(H2,11,12,16)/t7?,8-/m0/s1. The van der Waals surface area contributed by atoms with Crippen molar-refractivity contribution in [1.29, 1.82) is 0 Å². The third kappa shape index (κ3) is 6.23. The summed E-state index contributed by atoms with van der Waals surface area (Å²) in [6.45, 7) is 5.98. The van der Waals surface area contributed by atoms with E-state index in [2.05, 4.69) is 10.6 Å². The molecule has 1 unspecified atom stereocenters. The Morgan fingerprint density at radius 3 is 2.25 bits per heavy atom. The molecule has 0 spiro atoms. The lowest BCUT2D eigenvalue weighted by atomic mass is 10.1. The highest BCUT2D eigenvalue weighted by Crippen LogP contribution is 1.98. The molecule has 0 aliphatic rings. The molecule has 0 saturated heterocycles. The highest BCUT2D eigenvalue weighted by Gasteiger charge is 2.14. The van der Waals surface area contributed by atoms with Crippen LogP contribution in [0, 0.1) is 5.92 Å². The summed E-state index contributed by atoms with van der Waals surface area (Å²) in [5.74, 6) is -0.951. The van der Waals surface area contributed by atoms with Crippen LogP contribution in [0.3, 0.4) is 0 Å². The Kier molecular flexibility index (Phi) is 6.48. The second-order valence-corrected chi connectivity index (χ2v) is 4.08. The van der Waals surface area contributed by atoms with Crippen LogP contribution in [0.25, 0.3) is 0 Å². The molecule has 94 valence electrons. The van der Waals surface area contributed by atoms with Gasteiger partial charge in [-0.25, -0.2) is 9.59 Å². The van der Waals surface area contributed by atoms with Gasteiger partial charge in [0.25, 0.3) is 0 Å². The maximum atomic E-state index is 11.3. The molecule has 2 atom stereocenters. The third-order valence-corrected chi connectivity index (χ3v) is 2.35. The smallest absolute Gasteiger partial charge is 0.332 e. The Labute approximate surface area is 95.0 Å². The number of aliphatic carboxylic acids is 1. The van der Waals surface area contributed by atoms with Gasteiger partial charge >= 0.3 is 12.0 Å². The Morgan fingerprint density at radius 1 is 1.25 bits per heavy atom. The fraction of sp³-hybridized carbons (Fsp3) is 0.800. The van der Waals surface area contributed by atoms with E-state index in [1.807, 2.05) is 20.8 Å². The maximum Gasteiger partial charge on any atom is 0.332 e. The van der Waals surface area contributed by atoms with Crippen LogP contribution in [0.1, 0.15) is 27.2 Å². The second-order valence-electron chi connectivity index (χ2n) is 4.08. The summed E-state index contributed by atoms with van der Waals surface area (Å²) in [4.78, 5) is 21.5. The molecule has 4 N–H and O–H groups in total. The molecule has 6 heteroatoms. The molecule has 0 saturated carbocycles. The van der Waals surface area contributed by atoms with Crippen molar-refractivity contribution >= 4 is 12.0 Å². The van der Waals surface area contributed by atoms with Crippen molar-refractivity contribution in [2.45, 2.75) is 39.3 Å². The molecular formula is C10H20N2O4. The van der Waals surface area contributed by atoms with Crippen molar-refractivity contribution in [3.8, 4) is 0 Å². The van der Waals surface area contributed by atoms with Crippen LogP contribution >= 0.6 is 0 Å². The number of rotatable bonds is 6. The Balaban J connectivity index is 3.70. The largest absolute Gasteiger partial charge is 0.479 e. The number of carbonyl (C=O) groups excluding carboxylic acids is 1. The average molecular weight is 232 g/mol. The number of hydrogen-bond donors (Lipinski definition) is 4. The predicted octanol–water partition coefficient (Wildman–Crippen LogP) is 0.166. The summed E-state index contributed by atoms with van der Waals surface area (Å²) in [6.07, 6.45) is -1.43. The zero-order valence-corrected chi connectivity index (χ0v) is 9.86. The zero-order chi connectivity index (χ0) is 12.7. The number of aliphatic hydroxyl groups is 1. The third-order valence-electron chi connectivity index (χ3n) is 2.35. The topological polar surface area (TPSA) is 98.7 Å². The number of carbonyl (C=O) groups is 2. The number of nitrogens with one attached hydrogen (secondary N) is 2. The van der Waals surface area contributed by atoms with E-state index >= 15 is 0 Å². The highest BCUT2D eigenvalue weighted by atomic mass is 16.4. The van der Waals surface area contributed by atoms with Crippen molar-refractivity contribution in [2.24, 2.45) is 5.92 Å². The van der Waals surface area contributed by atoms with Crippen LogP contribution in [0.15, 0.2) is 0 Å². The molecule has 0 aromatic heterocycles. The van der Waals surface area contributed by atoms with Crippen molar-refractivity contribution in [1.82, 2.24) is 10.6 Å². The Morgan fingerprint density at radius 2 is 1.81 bits per heavy atom. The van der Waals surface area contributed by atoms with E-state index in [4.69, 9.17) is 10.2 Å². The van der Waals surface area contributed by atoms with Crippen LogP contribution in [0.2, 0.25) is 0 Å². The lowest BCUT2D eigenvalue weighted by molar-refractivity contribution is -0.146. The summed E-state index contributed by atoms with van der Waals surface area (Å²) in [6, 6.07) is -0.303. The highest BCUT2D eigenvalue weighted by molar-refractivity contribution is 5.74. The van der Waals surface area contributed by atoms with Gasteiger partial charge in [-0.3, -0.25) is 0 Å². The number of hydrogen-bond acceptors (Lipinski definition) is 3. The summed E-state index contributed by atoms with van der Waals surface area (Å²) in [5, 5.41) is 22.5. The van der Waals surface area contributed by atoms with Gasteiger partial charge in [0.05, 0.1) is 0 Å². The second kappa shape index (κ2) is 7.05. The molecule has 2 amide bonds. The van der Waals surface area contributed by atoms with Gasteiger partial charge in [0.1, 0.15) is 0 Å². The first-order valence-electron chi connectivity index (χ1n) is 5.29. The number of carboxylic acids is 1. The molecule has 0 rings (SSSR count). The van der Waals surface area contributed by atoms with Gasteiger partial charge in [-0.1, -0.05) is 13.8 Å². The Bertz CT molecular complexity index is 243. The van der Waals surface area contributed by atoms with E-state index in [0.717, 1.165) is 0 Å². The summed E-state index contributed by atoms with van der Waals surface area (Å²) in [7, 11) is 0. The van der Waals surface area contributed by atoms with Crippen LogP contribution in [-0.2, 0) is 4.79 Å². The summed E-state index contributed by atoms with van der Waals surface area (Å²) >= 11 is 0. The van der Waals surface area contributed by atoms with E-state index in [1.165, 1.54) is 0 Å². The molecule has 0 heterocycles. The maximum absolute atomic E-state index is 11.3. The normalized spacial score (nSPS) is 14.3. The van der Waals surface area contributed by atoms with Crippen LogP contribution in [-0.4, -0.2) is 40.9 Å². The van der Waals surface area contributed by atoms with E-state index in [0.29, 0.717) is 5.92 Å². The lowest BCUT2D eigenvalue weighted by Gasteiger charge is -2.17. The fourth-order valence-corrected chi connectivity index (χ4v) is 0.870. The van der Waals surface area contributed by atoms with E-state index in [1.54, 1.807) is 0 Å². The van der Waals surface area contributed by atoms with E-state index < -0.39 is 12.1 Å². The molecular weight excluding hydrogens is 212 g/mol. The van der Waals surface area contributed by atoms with Crippen molar-refractivity contribution in [3.63, 3.8) is 0 Å². The molecule has 0 bridgehead atoms. The lowest BCUT2D eigenvalue weighted by Crippen LogP contribution is -2.43. The van der Waals surface area contributed by atoms with E-state index in [9.17, 15) is 9.59 Å². The monoisotopic (exact) mass is 232 g/mol. The first-order valence-corrected chi connectivity index (χ1v) is 5.29. The molecule has 0 aliphatic heterocycles. The van der Waals surface area contributed by atoms with Gasteiger partial charge in [0.2, 0.25) is 0 Å². The van der Waals surface area contributed by atoms with Crippen molar-refractivity contribution in [2.75, 3.05) is 6.54 Å². The SMILES string of the molecule is CC(C)C(C)NC(=O)NCC[C@H](O)C(=O)O. The van der Waals surface area contributed by atoms with Crippen LogP contribution < -0.4 is 10.6 Å². The average Bonchev–Trinajstić information content (AvgIpc) is 2.16. The number of amides is 2. The first kappa shape index (κ1) is 14.7. The van der Waals surface area contributed by atoms with Crippen LogP contribution in [0.4, 0.5) is 4.79 Å². The molecule has 0 aromatic rings. The van der Waals surface area contributed by atoms with Crippen molar-refractivity contribution in [3.05, 3.63) is 0 Å². The summed E-state index contributed by atoms with van der Waals surface area (Å²) < 4.78 is 0. The van der Waals surface area contributed by atoms with E-state index in [-0.39, 0.29) is 25.0 Å². The first-order chi connectivity index (χ1) is 7.34. The zero-order valence-electron chi connectivity index (χ0n) is 9.86. The summed E-state index contributed by atoms with van der Waals surface area (Å²) in [5.41, 5.74) is 0. The van der Waals surface area contributed by atoms with Gasteiger partial charge in [-0.05, 0) is 12.8 Å². The number of carboxylic acid groups (broad SMARTS) is 1. The molecule has 0 aliphatic carbocycles. The molecule has 0 fully saturated rings. The Hall–Kier alpha value is -1.30. The van der Waals surface area contributed by atoms with Gasteiger partial charge < -0.3 is 20.8 Å². The minimum Gasteiger partial charge on any atom is -0.479 e. The van der Waals surface area contributed by atoms with Gasteiger partial charge in [0.15, 0.2) is 6.10 Å². The van der Waals surface area contributed by atoms with Crippen LogP contribution in [0.5, 0.6) is 0 Å². The minimum atomic E-state index is -1.43. The van der Waals surface area contributed by atoms with Crippen molar-refractivity contribution < 1.29 is 19.8 Å². The van der Waals surface area contributed by atoms with Gasteiger partial charge in [0, 0.05) is 19.0 Å². The molecule has 0 aromatic carbocycles. The predicted molar refractivity (Wildman–Crippen MR) is 59.1 cm³/mol.